The van der Waals surface area contributed by atoms with Gasteiger partial charge in [-0.1, -0.05) is 0 Å². The second kappa shape index (κ2) is 2.25. The molecule has 2 heterocycles. The Morgan fingerprint density at radius 3 is 3.42 bits per heavy atom. The Labute approximate surface area is 71.7 Å². The van der Waals surface area contributed by atoms with E-state index in [0.717, 1.165) is 0 Å². The van der Waals surface area contributed by atoms with E-state index in [-0.39, 0.29) is 0 Å². The lowest BCUT2D eigenvalue weighted by atomic mass is 9.88. The lowest BCUT2D eigenvalue weighted by Gasteiger charge is -2.38. The summed E-state index contributed by atoms with van der Waals surface area (Å²) < 4.78 is 5.56. The van der Waals surface area contributed by atoms with Crippen LogP contribution in [0.3, 0.4) is 0 Å². The van der Waals surface area contributed by atoms with Crippen LogP contribution in [0.1, 0.15) is 19.3 Å². The highest BCUT2D eigenvalue weighted by molar-refractivity contribution is 5.61. The van der Waals surface area contributed by atoms with E-state index in [1.807, 2.05) is 12.5 Å². The fourth-order valence-corrected chi connectivity index (χ4v) is 2.40. The molecule has 0 N–H and O–H groups in total. The van der Waals surface area contributed by atoms with Crippen molar-refractivity contribution in [3.05, 3.63) is 12.5 Å². The van der Waals surface area contributed by atoms with Crippen molar-refractivity contribution in [2.45, 2.75) is 37.5 Å². The summed E-state index contributed by atoms with van der Waals surface area (Å²) in [6.07, 6.45) is 9.78. The van der Waals surface area contributed by atoms with Crippen LogP contribution >= 0.6 is 0 Å². The molecule has 0 aromatic heterocycles. The van der Waals surface area contributed by atoms with Crippen molar-refractivity contribution in [1.29, 1.82) is 0 Å². The predicted molar refractivity (Wildman–Crippen MR) is 45.8 cm³/mol. The van der Waals surface area contributed by atoms with E-state index >= 15 is 0 Å². The number of aliphatic imine (C=N–C) groups is 1. The van der Waals surface area contributed by atoms with E-state index in [0.29, 0.717) is 18.2 Å². The maximum atomic E-state index is 5.56. The molecule has 0 radical (unpaired) electrons. The molecule has 3 atom stereocenters. The van der Waals surface area contributed by atoms with Gasteiger partial charge in [-0.25, -0.2) is 0 Å². The van der Waals surface area contributed by atoms with Crippen LogP contribution < -0.4 is 0 Å². The lowest BCUT2D eigenvalue weighted by molar-refractivity contribution is 0.0288. The van der Waals surface area contributed by atoms with Gasteiger partial charge in [-0.3, -0.25) is 4.99 Å². The van der Waals surface area contributed by atoms with Crippen molar-refractivity contribution < 1.29 is 4.74 Å². The van der Waals surface area contributed by atoms with Crippen molar-refractivity contribution in [2.24, 2.45) is 4.99 Å². The molecule has 0 spiro atoms. The highest BCUT2D eigenvalue weighted by Crippen LogP contribution is 2.33. The first-order chi connectivity index (χ1) is 5.95. The molecule has 12 heavy (non-hydrogen) atoms. The molecule has 0 amide bonds. The van der Waals surface area contributed by atoms with Crippen LogP contribution in [0.15, 0.2) is 17.5 Å². The molecule has 0 saturated heterocycles. The van der Waals surface area contributed by atoms with Gasteiger partial charge in [0.15, 0.2) is 0 Å². The Hall–Kier alpha value is -0.990. The first-order valence-corrected chi connectivity index (χ1v) is 4.58. The van der Waals surface area contributed by atoms with E-state index in [9.17, 15) is 0 Å². The number of hydrogen-bond donors (Lipinski definition) is 0. The van der Waals surface area contributed by atoms with Gasteiger partial charge in [0.25, 0.3) is 0 Å². The van der Waals surface area contributed by atoms with Gasteiger partial charge in [0.1, 0.15) is 6.10 Å². The Balaban J connectivity index is 1.95. The highest BCUT2D eigenvalue weighted by atomic mass is 16.5. The van der Waals surface area contributed by atoms with Gasteiger partial charge in [-0.15, -0.1) is 0 Å². The first-order valence-electron chi connectivity index (χ1n) is 4.58. The van der Waals surface area contributed by atoms with Gasteiger partial charge < -0.3 is 9.64 Å². The van der Waals surface area contributed by atoms with Crippen LogP contribution in [0.2, 0.25) is 0 Å². The monoisotopic (exact) mass is 164 g/mol. The number of nitrogens with zero attached hydrogens (tertiary/aromatic N) is 2. The molecular weight excluding hydrogens is 152 g/mol. The zero-order valence-electron chi connectivity index (χ0n) is 6.89. The zero-order chi connectivity index (χ0) is 7.97. The van der Waals surface area contributed by atoms with Gasteiger partial charge in [0.2, 0.25) is 0 Å². The molecule has 3 heteroatoms. The number of rotatable bonds is 0. The van der Waals surface area contributed by atoms with Gasteiger partial charge in [-0.2, -0.15) is 0 Å². The smallest absolute Gasteiger partial charge is 0.121 e. The maximum Gasteiger partial charge on any atom is 0.121 e. The number of ether oxygens (including phenoxy) is 1. The van der Waals surface area contributed by atoms with E-state index < -0.39 is 0 Å². The molecule has 1 fully saturated rings. The molecular formula is C9H12N2O. The van der Waals surface area contributed by atoms with Crippen LogP contribution in [0, 0.1) is 0 Å². The van der Waals surface area contributed by atoms with Gasteiger partial charge >= 0.3 is 0 Å². The van der Waals surface area contributed by atoms with Crippen LogP contribution in [0.4, 0.5) is 0 Å². The average molecular weight is 164 g/mol. The quantitative estimate of drug-likeness (QED) is 0.536. The molecule has 1 saturated carbocycles. The Bertz CT molecular complexity index is 249. The maximum absolute atomic E-state index is 5.56. The Morgan fingerprint density at radius 2 is 2.42 bits per heavy atom. The van der Waals surface area contributed by atoms with E-state index in [1.54, 1.807) is 6.26 Å². The fraction of sp³-hybridized carbons (Fsp3) is 0.667. The lowest BCUT2D eigenvalue weighted by Crippen LogP contribution is -2.48. The highest BCUT2D eigenvalue weighted by Gasteiger charge is 2.41. The minimum absolute atomic E-state index is 0.385. The second-order valence-electron chi connectivity index (χ2n) is 3.66. The first kappa shape index (κ1) is 6.52. The molecule has 3 aliphatic rings. The van der Waals surface area contributed by atoms with E-state index in [1.165, 1.54) is 19.3 Å². The fourth-order valence-electron chi connectivity index (χ4n) is 2.40. The average Bonchev–Trinajstić information content (AvgIpc) is 2.52. The zero-order valence-corrected chi connectivity index (χ0v) is 6.89. The molecule has 3 rings (SSSR count). The Kier molecular flexibility index (Phi) is 1.22. The topological polar surface area (TPSA) is 24.8 Å². The summed E-state index contributed by atoms with van der Waals surface area (Å²) in [7, 11) is 0. The van der Waals surface area contributed by atoms with Gasteiger partial charge in [0.05, 0.1) is 24.7 Å². The molecule has 3 unspecified atom stereocenters. The molecule has 0 aromatic rings. The summed E-state index contributed by atoms with van der Waals surface area (Å²) in [5.74, 6) is 0. The summed E-state index contributed by atoms with van der Waals surface area (Å²) in [6.45, 7) is 0. The van der Waals surface area contributed by atoms with Crippen LogP contribution in [-0.2, 0) is 4.74 Å². The molecule has 64 valence electrons. The summed E-state index contributed by atoms with van der Waals surface area (Å²) in [4.78, 5) is 6.66. The predicted octanol–water partition coefficient (Wildman–Crippen LogP) is 1.12. The molecule has 0 aromatic carbocycles. The van der Waals surface area contributed by atoms with Crippen LogP contribution in [-0.4, -0.2) is 29.4 Å². The summed E-state index contributed by atoms with van der Waals surface area (Å²) in [6, 6.07) is 0.998. The van der Waals surface area contributed by atoms with Crippen LogP contribution in [0.25, 0.3) is 0 Å². The molecule has 0 bridgehead atoms. The molecule has 3 nitrogen and oxygen atoms in total. The third kappa shape index (κ3) is 0.737. The third-order valence-electron chi connectivity index (χ3n) is 2.99. The normalized spacial score (nSPS) is 42.7. The van der Waals surface area contributed by atoms with Crippen molar-refractivity contribution in [1.82, 2.24) is 4.90 Å². The summed E-state index contributed by atoms with van der Waals surface area (Å²) in [5.41, 5.74) is 0. The molecule has 1 aliphatic carbocycles. The minimum atomic E-state index is 0.385. The summed E-state index contributed by atoms with van der Waals surface area (Å²) in [5, 5.41) is 0. The summed E-state index contributed by atoms with van der Waals surface area (Å²) >= 11 is 0. The third-order valence-corrected chi connectivity index (χ3v) is 2.99. The minimum Gasteiger partial charge on any atom is -0.494 e. The van der Waals surface area contributed by atoms with Crippen molar-refractivity contribution in [3.8, 4) is 0 Å². The van der Waals surface area contributed by atoms with Gasteiger partial charge in [-0.05, 0) is 19.3 Å². The second-order valence-corrected chi connectivity index (χ2v) is 3.66. The van der Waals surface area contributed by atoms with E-state index in [2.05, 4.69) is 9.89 Å². The number of hydrogen-bond acceptors (Lipinski definition) is 3. The van der Waals surface area contributed by atoms with Crippen LogP contribution in [0.5, 0.6) is 0 Å². The van der Waals surface area contributed by atoms with Crippen molar-refractivity contribution in [3.63, 3.8) is 0 Å². The SMILES string of the molecule is C1=CN2C=NC3CCCC(O1)C32. The van der Waals surface area contributed by atoms with Crippen molar-refractivity contribution in [2.75, 3.05) is 0 Å². The Morgan fingerprint density at radius 1 is 1.42 bits per heavy atom. The largest absolute Gasteiger partial charge is 0.494 e. The van der Waals surface area contributed by atoms with Gasteiger partial charge in [0, 0.05) is 6.20 Å². The van der Waals surface area contributed by atoms with Crippen molar-refractivity contribution >= 4 is 6.34 Å². The standard InChI is InChI=1S/C9H12N2O/c1-2-7-9-8(3-1)12-5-4-11(9)6-10-7/h4-9H,1-3H2. The molecule has 2 aliphatic heterocycles. The van der Waals surface area contributed by atoms with E-state index in [4.69, 9.17) is 4.74 Å².